The van der Waals surface area contributed by atoms with E-state index >= 15 is 0 Å². The first-order chi connectivity index (χ1) is 14.8. The second-order valence-electron chi connectivity index (χ2n) is 7.01. The third-order valence-electron chi connectivity index (χ3n) is 4.82. The Morgan fingerprint density at radius 2 is 1.74 bits per heavy atom. The van der Waals surface area contributed by atoms with Crippen LogP contribution in [0.3, 0.4) is 0 Å². The molecule has 0 aromatic heterocycles. The van der Waals surface area contributed by atoms with Gasteiger partial charge in [-0.25, -0.2) is 9.03 Å². The standard InChI is InChI=1S/C22H19N3O5S/c26-20-13-15(10-11-19(20)25-14-21(27)24-31(25,29)30)12-17-8-4-5-9-18(17)23-22(28)16-6-2-1-3-7-16/h1-11,13,26H,12,14H2,(H,23,28)(H,24,27). The molecular formula is C22H19N3O5S. The average molecular weight is 437 g/mol. The van der Waals surface area contributed by atoms with Crippen LogP contribution < -0.4 is 14.3 Å². The summed E-state index contributed by atoms with van der Waals surface area (Å²) in [5.41, 5.74) is 2.72. The fraction of sp³-hybridized carbons (Fsp3) is 0.0909. The monoisotopic (exact) mass is 437 g/mol. The number of aromatic hydroxyl groups is 1. The van der Waals surface area contributed by atoms with E-state index in [0.29, 0.717) is 23.2 Å². The fourth-order valence-electron chi connectivity index (χ4n) is 3.35. The first-order valence-electron chi connectivity index (χ1n) is 9.43. The van der Waals surface area contributed by atoms with Crippen molar-refractivity contribution in [2.24, 2.45) is 0 Å². The molecular weight excluding hydrogens is 418 g/mol. The molecule has 0 aliphatic carbocycles. The van der Waals surface area contributed by atoms with E-state index in [1.165, 1.54) is 12.1 Å². The van der Waals surface area contributed by atoms with Gasteiger partial charge in [0.1, 0.15) is 12.3 Å². The topological polar surface area (TPSA) is 116 Å². The summed E-state index contributed by atoms with van der Waals surface area (Å²) >= 11 is 0. The molecule has 3 aromatic rings. The molecule has 0 atom stereocenters. The van der Waals surface area contributed by atoms with Crippen molar-refractivity contribution in [2.75, 3.05) is 16.2 Å². The van der Waals surface area contributed by atoms with Gasteiger partial charge < -0.3 is 10.4 Å². The lowest BCUT2D eigenvalue weighted by Gasteiger charge is -2.17. The molecule has 0 saturated carbocycles. The smallest absolute Gasteiger partial charge is 0.326 e. The number of anilines is 2. The Morgan fingerprint density at radius 3 is 2.42 bits per heavy atom. The first kappa shape index (κ1) is 20.4. The Balaban J connectivity index is 1.56. The van der Waals surface area contributed by atoms with Gasteiger partial charge in [-0.2, -0.15) is 8.42 Å². The molecule has 0 radical (unpaired) electrons. The van der Waals surface area contributed by atoms with Crippen LogP contribution in [-0.2, 0) is 21.4 Å². The Kier molecular flexibility index (Phi) is 5.35. The van der Waals surface area contributed by atoms with Gasteiger partial charge in [0.15, 0.2) is 0 Å². The van der Waals surface area contributed by atoms with Gasteiger partial charge in [-0.05, 0) is 47.9 Å². The third-order valence-corrected chi connectivity index (χ3v) is 6.22. The average Bonchev–Trinajstić information content (AvgIpc) is 3.02. The minimum atomic E-state index is -4.00. The van der Waals surface area contributed by atoms with E-state index in [4.69, 9.17) is 0 Å². The van der Waals surface area contributed by atoms with E-state index in [9.17, 15) is 23.1 Å². The molecule has 4 rings (SSSR count). The van der Waals surface area contributed by atoms with Crippen LogP contribution in [0.5, 0.6) is 5.75 Å². The predicted octanol–water partition coefficient (Wildman–Crippen LogP) is 2.42. The van der Waals surface area contributed by atoms with Crippen LogP contribution >= 0.6 is 0 Å². The summed E-state index contributed by atoms with van der Waals surface area (Å²) in [6.45, 7) is -0.385. The van der Waals surface area contributed by atoms with Crippen molar-refractivity contribution in [3.63, 3.8) is 0 Å². The van der Waals surface area contributed by atoms with E-state index < -0.39 is 16.1 Å². The van der Waals surface area contributed by atoms with Crippen molar-refractivity contribution in [1.29, 1.82) is 0 Å². The van der Waals surface area contributed by atoms with E-state index in [0.717, 1.165) is 9.87 Å². The van der Waals surface area contributed by atoms with Crippen molar-refractivity contribution in [2.45, 2.75) is 6.42 Å². The summed E-state index contributed by atoms with van der Waals surface area (Å²) in [5.74, 6) is -1.16. The molecule has 8 nitrogen and oxygen atoms in total. The van der Waals surface area contributed by atoms with E-state index in [-0.39, 0.29) is 23.9 Å². The number of benzene rings is 3. The minimum Gasteiger partial charge on any atom is -0.506 e. The summed E-state index contributed by atoms with van der Waals surface area (Å²) in [6.07, 6.45) is 0.392. The quantitative estimate of drug-likeness (QED) is 0.567. The molecule has 158 valence electrons. The molecule has 1 aliphatic heterocycles. The van der Waals surface area contributed by atoms with Crippen molar-refractivity contribution >= 4 is 33.4 Å². The second kappa shape index (κ2) is 8.11. The van der Waals surface area contributed by atoms with Crippen molar-refractivity contribution < 1.29 is 23.1 Å². The Bertz CT molecular complexity index is 1260. The number of rotatable bonds is 5. The summed E-state index contributed by atoms with van der Waals surface area (Å²) in [4.78, 5) is 23.9. The van der Waals surface area contributed by atoms with E-state index in [2.05, 4.69) is 5.32 Å². The summed E-state index contributed by atoms with van der Waals surface area (Å²) in [6, 6.07) is 20.7. The van der Waals surface area contributed by atoms with Gasteiger partial charge in [0.05, 0.1) is 5.69 Å². The number of carbonyl (C=O) groups is 2. The Hall–Kier alpha value is -3.85. The predicted molar refractivity (Wildman–Crippen MR) is 116 cm³/mol. The number of hydrogen-bond donors (Lipinski definition) is 3. The van der Waals surface area contributed by atoms with Gasteiger partial charge in [0.2, 0.25) is 0 Å². The molecule has 0 unspecified atom stereocenters. The summed E-state index contributed by atoms with van der Waals surface area (Å²) in [5, 5.41) is 13.3. The number of nitrogens with one attached hydrogen (secondary N) is 2. The zero-order valence-electron chi connectivity index (χ0n) is 16.3. The molecule has 1 aliphatic rings. The number of nitrogens with zero attached hydrogens (tertiary/aromatic N) is 1. The van der Waals surface area contributed by atoms with Gasteiger partial charge in [0, 0.05) is 11.3 Å². The van der Waals surface area contributed by atoms with Gasteiger partial charge in [-0.15, -0.1) is 0 Å². The van der Waals surface area contributed by atoms with Crippen molar-refractivity contribution in [3.05, 3.63) is 89.5 Å². The third kappa shape index (κ3) is 4.36. The van der Waals surface area contributed by atoms with Crippen LogP contribution in [0.1, 0.15) is 21.5 Å². The number of phenolic OH excluding ortho intramolecular Hbond substituents is 1. The van der Waals surface area contributed by atoms with Gasteiger partial charge in [-0.3, -0.25) is 9.59 Å². The number of amides is 2. The molecule has 9 heteroatoms. The maximum atomic E-state index is 12.5. The highest BCUT2D eigenvalue weighted by atomic mass is 32.2. The van der Waals surface area contributed by atoms with Gasteiger partial charge >= 0.3 is 10.2 Å². The highest BCUT2D eigenvalue weighted by Gasteiger charge is 2.35. The lowest BCUT2D eigenvalue weighted by molar-refractivity contribution is -0.117. The van der Waals surface area contributed by atoms with Gasteiger partial charge in [0.25, 0.3) is 11.8 Å². The first-order valence-corrected chi connectivity index (χ1v) is 10.9. The van der Waals surface area contributed by atoms with Crippen LogP contribution in [0.15, 0.2) is 72.8 Å². The number of carbonyl (C=O) groups excluding carboxylic acids is 2. The fourth-order valence-corrected chi connectivity index (χ4v) is 4.51. The van der Waals surface area contributed by atoms with Crippen LogP contribution in [0.4, 0.5) is 11.4 Å². The van der Waals surface area contributed by atoms with Crippen molar-refractivity contribution in [1.82, 2.24) is 4.72 Å². The molecule has 3 N–H and O–H groups in total. The lowest BCUT2D eigenvalue weighted by atomic mass is 10.0. The summed E-state index contributed by atoms with van der Waals surface area (Å²) in [7, 11) is -4.00. The maximum absolute atomic E-state index is 12.5. The Morgan fingerprint density at radius 1 is 1.03 bits per heavy atom. The molecule has 1 heterocycles. The number of phenols is 1. The lowest BCUT2D eigenvalue weighted by Crippen LogP contribution is -2.29. The molecule has 3 aromatic carbocycles. The van der Waals surface area contributed by atoms with E-state index in [1.54, 1.807) is 36.4 Å². The van der Waals surface area contributed by atoms with Crippen LogP contribution in [0.25, 0.3) is 0 Å². The normalized spacial score (nSPS) is 14.8. The van der Waals surface area contributed by atoms with Crippen LogP contribution in [0, 0.1) is 0 Å². The van der Waals surface area contributed by atoms with Crippen molar-refractivity contribution in [3.8, 4) is 5.75 Å². The largest absolute Gasteiger partial charge is 0.506 e. The highest BCUT2D eigenvalue weighted by molar-refractivity contribution is 7.92. The summed E-state index contributed by atoms with van der Waals surface area (Å²) < 4.78 is 26.7. The minimum absolute atomic E-state index is 0.0211. The molecule has 1 saturated heterocycles. The van der Waals surface area contributed by atoms with Crippen LogP contribution in [0.2, 0.25) is 0 Å². The van der Waals surface area contributed by atoms with Gasteiger partial charge in [-0.1, -0.05) is 42.5 Å². The number of hydrogen-bond acceptors (Lipinski definition) is 5. The van der Waals surface area contributed by atoms with E-state index in [1.807, 2.05) is 29.0 Å². The molecule has 1 fully saturated rings. The SMILES string of the molecule is O=C1CN(c2ccc(Cc3ccccc3NC(=O)c3ccccc3)cc2O)S(=O)(=O)N1. The zero-order chi connectivity index (χ0) is 22.0. The highest BCUT2D eigenvalue weighted by Crippen LogP contribution is 2.32. The molecule has 0 bridgehead atoms. The molecule has 31 heavy (non-hydrogen) atoms. The number of para-hydroxylation sites is 1. The maximum Gasteiger partial charge on any atom is 0.326 e. The molecule has 0 spiro atoms. The molecule has 2 amide bonds. The Labute approximate surface area is 179 Å². The zero-order valence-corrected chi connectivity index (χ0v) is 17.1. The second-order valence-corrected chi connectivity index (χ2v) is 8.61. The van der Waals surface area contributed by atoms with Crippen LogP contribution in [-0.4, -0.2) is 31.9 Å².